The van der Waals surface area contributed by atoms with Gasteiger partial charge in [0.25, 0.3) is 0 Å². The highest BCUT2D eigenvalue weighted by atomic mass is 15.1. The van der Waals surface area contributed by atoms with Gasteiger partial charge in [-0.05, 0) is 48.2 Å². The van der Waals surface area contributed by atoms with Crippen LogP contribution >= 0.6 is 0 Å². The van der Waals surface area contributed by atoms with Gasteiger partial charge in [-0.15, -0.1) is 0 Å². The molecule has 0 saturated carbocycles. The third-order valence-electron chi connectivity index (χ3n) is 4.71. The average molecular weight is 302 g/mol. The SMILES string of the molecule is CN(Cc1cccc2c1C=CCC2)Cc1c[nH]c2ccccc12. The van der Waals surface area contributed by atoms with E-state index in [2.05, 4.69) is 77.7 Å². The van der Waals surface area contributed by atoms with Crippen LogP contribution in [-0.2, 0) is 19.5 Å². The largest absolute Gasteiger partial charge is 0.361 e. The number of nitrogens with zero attached hydrogens (tertiary/aromatic N) is 1. The molecule has 0 spiro atoms. The Morgan fingerprint density at radius 1 is 1.00 bits per heavy atom. The second-order valence-electron chi connectivity index (χ2n) is 6.46. The fourth-order valence-electron chi connectivity index (χ4n) is 3.58. The Balaban J connectivity index is 1.55. The summed E-state index contributed by atoms with van der Waals surface area (Å²) >= 11 is 0. The van der Waals surface area contributed by atoms with Crippen molar-refractivity contribution in [1.29, 1.82) is 0 Å². The minimum Gasteiger partial charge on any atom is -0.361 e. The Morgan fingerprint density at radius 3 is 2.83 bits per heavy atom. The molecule has 0 atom stereocenters. The van der Waals surface area contributed by atoms with E-state index in [9.17, 15) is 0 Å². The molecule has 3 aromatic rings. The maximum absolute atomic E-state index is 3.37. The first kappa shape index (κ1) is 14.3. The lowest BCUT2D eigenvalue weighted by molar-refractivity contribution is 0.320. The number of aryl methyl sites for hydroxylation is 1. The Bertz CT molecular complexity index is 857. The Morgan fingerprint density at radius 2 is 1.87 bits per heavy atom. The van der Waals surface area contributed by atoms with Crippen LogP contribution < -0.4 is 0 Å². The summed E-state index contributed by atoms with van der Waals surface area (Å²) in [6, 6.07) is 15.3. The first-order valence-corrected chi connectivity index (χ1v) is 8.32. The van der Waals surface area contributed by atoms with Crippen LogP contribution in [0.25, 0.3) is 17.0 Å². The van der Waals surface area contributed by atoms with Gasteiger partial charge in [0.2, 0.25) is 0 Å². The number of nitrogens with one attached hydrogen (secondary N) is 1. The maximum Gasteiger partial charge on any atom is 0.0457 e. The van der Waals surface area contributed by atoms with Gasteiger partial charge in [-0.1, -0.05) is 48.6 Å². The first-order chi connectivity index (χ1) is 11.3. The predicted octanol–water partition coefficient (Wildman–Crippen LogP) is 4.76. The third kappa shape index (κ3) is 2.82. The van der Waals surface area contributed by atoms with Crippen LogP contribution in [-0.4, -0.2) is 16.9 Å². The standard InChI is InChI=1S/C21H22N2/c1-23(15-18-13-22-21-12-5-4-11-20(18)21)14-17-9-6-8-16-7-2-3-10-19(16)17/h3-6,8-13,22H,2,7,14-15H2,1H3. The molecule has 0 amide bonds. The zero-order valence-electron chi connectivity index (χ0n) is 13.5. The normalized spacial score (nSPS) is 13.7. The third-order valence-corrected chi connectivity index (χ3v) is 4.71. The maximum atomic E-state index is 3.37. The highest BCUT2D eigenvalue weighted by Gasteiger charge is 2.12. The molecule has 1 N–H and O–H groups in total. The Kier molecular flexibility index (Phi) is 3.76. The molecule has 2 nitrogen and oxygen atoms in total. The monoisotopic (exact) mass is 302 g/mol. The summed E-state index contributed by atoms with van der Waals surface area (Å²) in [5.74, 6) is 0. The molecule has 1 aliphatic rings. The molecule has 0 bridgehead atoms. The second kappa shape index (κ2) is 6.05. The van der Waals surface area contributed by atoms with Crippen molar-refractivity contribution >= 4 is 17.0 Å². The molecule has 2 heteroatoms. The van der Waals surface area contributed by atoms with Gasteiger partial charge in [-0.25, -0.2) is 0 Å². The average Bonchev–Trinajstić information content (AvgIpc) is 2.98. The number of para-hydroxylation sites is 1. The highest BCUT2D eigenvalue weighted by molar-refractivity contribution is 5.82. The van der Waals surface area contributed by atoms with Crippen molar-refractivity contribution in [2.45, 2.75) is 25.9 Å². The molecule has 0 unspecified atom stereocenters. The van der Waals surface area contributed by atoms with Crippen LogP contribution in [0.1, 0.15) is 28.7 Å². The molecule has 1 aliphatic carbocycles. The highest BCUT2D eigenvalue weighted by Crippen LogP contribution is 2.25. The Labute approximate surface area is 137 Å². The second-order valence-corrected chi connectivity index (χ2v) is 6.46. The molecule has 0 aliphatic heterocycles. The van der Waals surface area contributed by atoms with E-state index in [1.165, 1.54) is 46.0 Å². The predicted molar refractivity (Wildman–Crippen MR) is 97.3 cm³/mol. The van der Waals surface area contributed by atoms with Crippen LogP contribution in [0.3, 0.4) is 0 Å². The minimum atomic E-state index is 0.956. The number of aromatic amines is 1. The lowest BCUT2D eigenvalue weighted by atomic mass is 9.93. The van der Waals surface area contributed by atoms with E-state index >= 15 is 0 Å². The number of H-pyrrole nitrogens is 1. The summed E-state index contributed by atoms with van der Waals surface area (Å²) in [5.41, 5.74) is 6.94. The van der Waals surface area contributed by atoms with Crippen molar-refractivity contribution in [2.24, 2.45) is 0 Å². The van der Waals surface area contributed by atoms with Crippen molar-refractivity contribution in [2.75, 3.05) is 7.05 Å². The molecule has 1 aromatic heterocycles. The zero-order chi connectivity index (χ0) is 15.6. The molecule has 23 heavy (non-hydrogen) atoms. The molecule has 4 rings (SSSR count). The molecular formula is C21H22N2. The van der Waals surface area contributed by atoms with Gasteiger partial charge in [0, 0.05) is 30.2 Å². The fraction of sp³-hybridized carbons (Fsp3) is 0.238. The molecule has 0 saturated heterocycles. The van der Waals surface area contributed by atoms with Gasteiger partial charge in [0.15, 0.2) is 0 Å². The van der Waals surface area contributed by atoms with Crippen molar-refractivity contribution in [1.82, 2.24) is 9.88 Å². The number of hydrogen-bond acceptors (Lipinski definition) is 1. The molecule has 2 aromatic carbocycles. The number of rotatable bonds is 4. The molecule has 1 heterocycles. The molecule has 116 valence electrons. The number of allylic oxidation sites excluding steroid dienone is 1. The fourth-order valence-corrected chi connectivity index (χ4v) is 3.58. The summed E-state index contributed by atoms with van der Waals surface area (Å²) < 4.78 is 0. The summed E-state index contributed by atoms with van der Waals surface area (Å²) in [6.45, 7) is 1.93. The van der Waals surface area contributed by atoms with Gasteiger partial charge in [-0.2, -0.15) is 0 Å². The quantitative estimate of drug-likeness (QED) is 0.736. The summed E-state index contributed by atoms with van der Waals surface area (Å²) in [7, 11) is 2.20. The van der Waals surface area contributed by atoms with Crippen molar-refractivity contribution in [3.8, 4) is 0 Å². The first-order valence-electron chi connectivity index (χ1n) is 8.32. The van der Waals surface area contributed by atoms with Crippen LogP contribution in [0.2, 0.25) is 0 Å². The van der Waals surface area contributed by atoms with Gasteiger partial charge in [0.05, 0.1) is 0 Å². The van der Waals surface area contributed by atoms with Crippen LogP contribution in [0.4, 0.5) is 0 Å². The Hall–Kier alpha value is -2.32. The number of hydrogen-bond donors (Lipinski definition) is 1. The van der Waals surface area contributed by atoms with Crippen LogP contribution in [0, 0.1) is 0 Å². The smallest absolute Gasteiger partial charge is 0.0457 e. The minimum absolute atomic E-state index is 0.956. The van der Waals surface area contributed by atoms with Crippen LogP contribution in [0.5, 0.6) is 0 Å². The van der Waals surface area contributed by atoms with Gasteiger partial charge in [-0.3, -0.25) is 4.90 Å². The van der Waals surface area contributed by atoms with E-state index in [-0.39, 0.29) is 0 Å². The number of aromatic nitrogens is 1. The van der Waals surface area contributed by atoms with E-state index in [0.29, 0.717) is 0 Å². The van der Waals surface area contributed by atoms with E-state index in [1.807, 2.05) is 0 Å². The van der Waals surface area contributed by atoms with Gasteiger partial charge in [0.1, 0.15) is 0 Å². The van der Waals surface area contributed by atoms with Gasteiger partial charge < -0.3 is 4.98 Å². The van der Waals surface area contributed by atoms with E-state index in [4.69, 9.17) is 0 Å². The molecule has 0 radical (unpaired) electrons. The van der Waals surface area contributed by atoms with Crippen molar-refractivity contribution in [3.63, 3.8) is 0 Å². The van der Waals surface area contributed by atoms with E-state index in [1.54, 1.807) is 0 Å². The lowest BCUT2D eigenvalue weighted by Crippen LogP contribution is -2.18. The topological polar surface area (TPSA) is 19.0 Å². The van der Waals surface area contributed by atoms with E-state index < -0.39 is 0 Å². The summed E-state index contributed by atoms with van der Waals surface area (Å²) in [4.78, 5) is 5.77. The number of fused-ring (bicyclic) bond motifs is 2. The lowest BCUT2D eigenvalue weighted by Gasteiger charge is -2.20. The summed E-state index contributed by atoms with van der Waals surface area (Å²) in [5, 5.41) is 1.33. The summed E-state index contributed by atoms with van der Waals surface area (Å²) in [6.07, 6.45) is 9.08. The van der Waals surface area contributed by atoms with Gasteiger partial charge >= 0.3 is 0 Å². The molecular weight excluding hydrogens is 280 g/mol. The van der Waals surface area contributed by atoms with Crippen molar-refractivity contribution < 1.29 is 0 Å². The number of benzene rings is 2. The molecule has 0 fully saturated rings. The van der Waals surface area contributed by atoms with E-state index in [0.717, 1.165) is 13.1 Å². The van der Waals surface area contributed by atoms with Crippen molar-refractivity contribution in [3.05, 3.63) is 77.0 Å². The van der Waals surface area contributed by atoms with Crippen LogP contribution in [0.15, 0.2) is 54.7 Å². The zero-order valence-corrected chi connectivity index (χ0v) is 13.5.